The minimum absolute atomic E-state index is 0.0239. The quantitative estimate of drug-likeness (QED) is 0.0145. The molecule has 532 valence electrons. The summed E-state index contributed by atoms with van der Waals surface area (Å²) in [5.41, 5.74) is 10.2. The number of pyridine rings is 2. The normalized spacial score (nSPS) is 13.3. The second-order valence-electron chi connectivity index (χ2n) is 22.2. The molecule has 11 N–H and O–H groups in total. The first kappa shape index (κ1) is 79.2. The molecule has 40 heteroatoms. The van der Waals surface area contributed by atoms with Crippen LogP contribution >= 0.6 is 0 Å². The molecule has 0 unspecified atom stereocenters. The van der Waals surface area contributed by atoms with E-state index in [0.717, 1.165) is 65.8 Å². The van der Waals surface area contributed by atoms with Gasteiger partial charge in [0.2, 0.25) is 35.4 Å². The largest absolute Gasteiger partial charge is 0.478 e. The molecule has 0 spiro atoms. The number of tetrazole rings is 1. The van der Waals surface area contributed by atoms with E-state index in [-0.39, 0.29) is 62.3 Å². The Balaban J connectivity index is 0.950. The molecule has 6 amide bonds. The van der Waals surface area contributed by atoms with Gasteiger partial charge in [-0.15, -0.1) is 10.2 Å². The van der Waals surface area contributed by atoms with Crippen LogP contribution in [0.3, 0.4) is 0 Å². The van der Waals surface area contributed by atoms with Gasteiger partial charge in [-0.1, -0.05) is 74.5 Å². The number of aromatic nitrogens is 6. The van der Waals surface area contributed by atoms with Crippen LogP contribution < -0.4 is 36.6 Å². The average molecular weight is 1440 g/mol. The van der Waals surface area contributed by atoms with Crippen LogP contribution in [0.25, 0.3) is 22.4 Å². The lowest BCUT2D eigenvalue weighted by molar-refractivity contribution is -0.133. The maximum absolute atomic E-state index is 13.4. The Bertz CT molecular complexity index is 3840. The third kappa shape index (κ3) is 30.7. The maximum Gasteiger partial charge on any atom is 0.267 e. The Morgan fingerprint density at radius 3 is 1.63 bits per heavy atom. The van der Waals surface area contributed by atoms with E-state index < -0.39 is 117 Å². The summed E-state index contributed by atoms with van der Waals surface area (Å²) in [5.74, 6) is -13.8. The number of rotatable bonds is 45. The lowest BCUT2D eigenvalue weighted by Crippen LogP contribution is -2.61. The molecule has 36 nitrogen and oxygen atoms in total. The molecule has 0 bridgehead atoms. The third-order valence-electron chi connectivity index (χ3n) is 13.8. The highest BCUT2D eigenvalue weighted by atomic mass is 32.2. The van der Waals surface area contributed by atoms with E-state index in [9.17, 15) is 80.6 Å². The minimum Gasteiger partial charge on any atom is -0.478 e. The van der Waals surface area contributed by atoms with Crippen molar-refractivity contribution in [2.75, 3.05) is 82.3 Å². The molecule has 3 aromatic heterocycles. The molecular weight excluding hydrogens is 1360 g/mol. The smallest absolute Gasteiger partial charge is 0.267 e. The van der Waals surface area contributed by atoms with Crippen molar-refractivity contribution in [1.82, 2.24) is 62.1 Å². The number of ether oxygens (including phenoxy) is 4. The Morgan fingerprint density at radius 2 is 1.09 bits per heavy atom. The number of nitrogens with zero attached hydrogens (tertiary/aromatic N) is 7. The predicted molar refractivity (Wildman–Crippen MR) is 344 cm³/mol. The van der Waals surface area contributed by atoms with Crippen LogP contribution in [0.1, 0.15) is 75.0 Å². The Hall–Kier alpha value is -8.45. The number of nitrogens with one attached hydrogen (secondary N) is 7. The summed E-state index contributed by atoms with van der Waals surface area (Å²) in [6.07, 6.45) is 5.44. The first-order valence-electron chi connectivity index (χ1n) is 29.9. The lowest BCUT2D eigenvalue weighted by Gasteiger charge is -2.25. The number of amides is 6. The molecule has 0 saturated carbocycles. The first-order chi connectivity index (χ1) is 45.8. The molecular formula is C57H78N14O22S4. The number of benzene rings is 2. The predicted octanol–water partition coefficient (Wildman–Crippen LogP) is 0.633. The summed E-state index contributed by atoms with van der Waals surface area (Å²) in [6, 6.07) is 16.3. The molecule has 5 rings (SSSR count). The highest BCUT2D eigenvalue weighted by Gasteiger charge is 2.37. The summed E-state index contributed by atoms with van der Waals surface area (Å²) in [5, 5.41) is 27.5. The maximum atomic E-state index is 13.4. The van der Waals surface area contributed by atoms with Gasteiger partial charge in [0.15, 0.2) is 11.6 Å². The van der Waals surface area contributed by atoms with Gasteiger partial charge in [0.25, 0.3) is 46.4 Å². The van der Waals surface area contributed by atoms with Crippen molar-refractivity contribution in [1.29, 1.82) is 5.53 Å². The van der Waals surface area contributed by atoms with E-state index in [0.29, 0.717) is 57.9 Å². The van der Waals surface area contributed by atoms with E-state index in [4.69, 9.17) is 29.5 Å². The second-order valence-corrected chi connectivity index (χ2v) is 28.2. The van der Waals surface area contributed by atoms with Crippen LogP contribution in [-0.4, -0.2) is 224 Å². The number of carbonyl (C=O) groups is 6. The van der Waals surface area contributed by atoms with Gasteiger partial charge in [-0.2, -0.15) is 33.7 Å². The SMILES string of the molecule is CC(C)(CCCCOc1cc(-c2ccccc2)cc(-c2ccccc2)n1)c1nnnn1CCCCC(=O)NCCCOCCOCCOCCNC(=O)[C@H](CS(=O)(=O)O)NC(=O)[C@H](CS(=O)(=O)O)NC(=O)[C@H](CS(=O)(=O)O)NC(=O)[C@H](CS(=O)(=O)O)NC(=O)c1ccc(N=N)nc1. The summed E-state index contributed by atoms with van der Waals surface area (Å²) >= 11 is 0. The van der Waals surface area contributed by atoms with Gasteiger partial charge in [0.05, 0.1) is 50.9 Å². The fraction of sp³-hybridized carbons (Fsp3) is 0.491. The summed E-state index contributed by atoms with van der Waals surface area (Å²) in [6.45, 7) is 5.72. The second kappa shape index (κ2) is 38.5. The van der Waals surface area contributed by atoms with Crippen molar-refractivity contribution in [3.63, 3.8) is 0 Å². The molecule has 3 heterocycles. The summed E-state index contributed by atoms with van der Waals surface area (Å²) in [4.78, 5) is 87.0. The molecule has 0 radical (unpaired) electrons. The van der Waals surface area contributed by atoms with Crippen molar-refractivity contribution in [2.45, 2.75) is 94.9 Å². The minimum atomic E-state index is -5.35. The molecule has 0 fully saturated rings. The van der Waals surface area contributed by atoms with Gasteiger partial charge in [0.1, 0.15) is 47.2 Å². The zero-order valence-corrected chi connectivity index (χ0v) is 56.0. The summed E-state index contributed by atoms with van der Waals surface area (Å²) < 4.78 is 158. The van der Waals surface area contributed by atoms with Crippen LogP contribution in [0.4, 0.5) is 5.82 Å². The van der Waals surface area contributed by atoms with Crippen LogP contribution in [0, 0.1) is 5.53 Å². The van der Waals surface area contributed by atoms with Crippen molar-refractivity contribution >= 4 is 81.7 Å². The Morgan fingerprint density at radius 1 is 0.567 bits per heavy atom. The van der Waals surface area contributed by atoms with Gasteiger partial charge in [-0.25, -0.2) is 20.2 Å². The van der Waals surface area contributed by atoms with E-state index in [2.05, 4.69) is 68.3 Å². The Kier molecular flexibility index (Phi) is 31.4. The molecule has 5 aromatic rings. The fourth-order valence-corrected chi connectivity index (χ4v) is 11.7. The van der Waals surface area contributed by atoms with Crippen LogP contribution in [0.2, 0.25) is 0 Å². The average Bonchev–Trinajstić information content (AvgIpc) is 1.83. The monoisotopic (exact) mass is 1440 g/mol. The molecule has 97 heavy (non-hydrogen) atoms. The highest BCUT2D eigenvalue weighted by molar-refractivity contribution is 7.86. The van der Waals surface area contributed by atoms with Gasteiger partial charge in [0, 0.05) is 55.9 Å². The molecule has 0 aliphatic heterocycles. The van der Waals surface area contributed by atoms with Gasteiger partial charge < -0.3 is 50.8 Å². The van der Waals surface area contributed by atoms with Crippen LogP contribution in [0.5, 0.6) is 5.88 Å². The number of aryl methyl sites for hydroxylation is 1. The Labute approximate surface area is 559 Å². The lowest BCUT2D eigenvalue weighted by atomic mass is 9.86. The van der Waals surface area contributed by atoms with Gasteiger partial charge >= 0.3 is 0 Å². The zero-order chi connectivity index (χ0) is 71.2. The number of carbonyl (C=O) groups excluding carboxylic acids is 6. The summed E-state index contributed by atoms with van der Waals surface area (Å²) in [7, 11) is -21.0. The highest BCUT2D eigenvalue weighted by Crippen LogP contribution is 2.30. The fourth-order valence-electron chi connectivity index (χ4n) is 9.10. The standard InChI is InChI=1S/C57H78N14O22S4/c1-57(2,21-10-12-26-93-50-33-42(39-14-5-3-6-15-39)32-43(62-50)40-16-7-4-8-17-40)56-68-69-70-71(56)24-11-9-18-49(72)59-22-13-25-90-28-30-92-31-29-91-27-23-60-52(74)44(35-94(78,79)80)64-54(76)46(37-96(84,85)86)66-55(77)47(38-97(87,88)89)65-53(75)45(36-95(81,82)83)63-51(73)41-19-20-48(67-58)61-34-41/h3-8,14-17,19-20,32-34,44-47,58H,9-13,18,21-31,35-38H2,1-2H3,(H,59,72)(H,60,74)(H,63,73)(H,64,76)(H,65,75)(H,66,77)(H,78,79,80)(H,81,82,83)(H,84,85,86)(H,87,88,89)/t44-,45-,46-,47-/m0/s1. The van der Waals surface area contributed by atoms with Crippen molar-refractivity contribution in [2.24, 2.45) is 5.11 Å². The van der Waals surface area contributed by atoms with Gasteiger partial charge in [-0.3, -0.25) is 47.0 Å². The third-order valence-corrected chi connectivity index (χ3v) is 16.8. The first-order valence-corrected chi connectivity index (χ1v) is 36.4. The topological polar surface area (TPSA) is 535 Å². The zero-order valence-electron chi connectivity index (χ0n) is 52.7. The number of hydrogen-bond donors (Lipinski definition) is 11. The van der Waals surface area contributed by atoms with Gasteiger partial charge in [-0.05, 0) is 78.3 Å². The molecule has 0 aliphatic carbocycles. The number of unbranched alkanes of at least 4 members (excludes halogenated alkanes) is 2. The molecule has 0 aliphatic rings. The van der Waals surface area contributed by atoms with E-state index >= 15 is 0 Å². The van der Waals surface area contributed by atoms with E-state index in [1.165, 1.54) is 0 Å². The van der Waals surface area contributed by atoms with Crippen LogP contribution in [-0.2, 0) is 90.6 Å². The van der Waals surface area contributed by atoms with Crippen molar-refractivity contribution in [3.05, 3.63) is 103 Å². The van der Waals surface area contributed by atoms with Crippen molar-refractivity contribution < 1.29 is 99.6 Å². The molecule has 4 atom stereocenters. The van der Waals surface area contributed by atoms with Crippen molar-refractivity contribution in [3.8, 4) is 28.3 Å². The van der Waals surface area contributed by atoms with Crippen LogP contribution in [0.15, 0.2) is 96.2 Å². The van der Waals surface area contributed by atoms with E-state index in [1.54, 1.807) is 20.6 Å². The van der Waals surface area contributed by atoms with E-state index in [1.807, 2.05) is 59.9 Å². The molecule has 0 saturated heterocycles. The molecule has 2 aromatic carbocycles. The number of hydrogen-bond acceptors (Lipinski definition) is 25.